The van der Waals surface area contributed by atoms with Gasteiger partial charge in [-0.3, -0.25) is 19.1 Å². The van der Waals surface area contributed by atoms with Gasteiger partial charge in [0.05, 0.1) is 45.8 Å². The van der Waals surface area contributed by atoms with Crippen molar-refractivity contribution in [2.75, 3.05) is 0 Å². The maximum absolute atomic E-state index is 6.57. The molecule has 5 aromatic heterocycles. The monoisotopic (exact) mass is 900 g/mol. The number of para-hydroxylation sites is 2. The SMILES string of the molecule is c1ccc(-c2ccnc(-n3c4ccccc4c4ccc(Oc5cccc(-c6cnc(-c7cccc(Oc8ccc9c%10ccccc%10n(-c%10cc(-c%11ccccc%11)ccn%10)c9c8)c7)cn6)c5)cc43)c2)cc1. The van der Waals surface area contributed by atoms with Crippen LogP contribution in [0.1, 0.15) is 0 Å². The zero-order valence-corrected chi connectivity index (χ0v) is 37.6. The molecule has 0 atom stereocenters. The molecule has 5 heterocycles. The third-order valence-corrected chi connectivity index (χ3v) is 12.8. The van der Waals surface area contributed by atoms with Crippen molar-refractivity contribution in [2.45, 2.75) is 0 Å². The fourth-order valence-electron chi connectivity index (χ4n) is 9.56. The third-order valence-electron chi connectivity index (χ3n) is 12.8. The molecule has 0 N–H and O–H groups in total. The topological polar surface area (TPSA) is 79.9 Å². The third kappa shape index (κ3) is 7.46. The standard InChI is InChI=1S/C62H40N6O2/c1-3-13-41(14-4-1)43-29-31-63-61(35-43)67-57-23-9-7-21-51(57)53-27-25-49(37-59(53)67)69-47-19-11-17-45(33-47)55-39-66-56(40-65-55)46-18-12-20-48(34-46)70-50-26-28-54-52-22-8-10-24-58(52)68(60(54)38-50)62-36-44(30-32-64-62)42-15-5-2-6-16-42/h1-40H. The van der Waals surface area contributed by atoms with Crippen LogP contribution in [0.4, 0.5) is 0 Å². The van der Waals surface area contributed by atoms with Gasteiger partial charge in [0.2, 0.25) is 0 Å². The highest BCUT2D eigenvalue weighted by molar-refractivity contribution is 6.10. The number of hydrogen-bond acceptors (Lipinski definition) is 6. The molecular formula is C62H40N6O2. The predicted octanol–water partition coefficient (Wildman–Crippen LogP) is 15.7. The van der Waals surface area contributed by atoms with E-state index in [2.05, 4.69) is 143 Å². The Morgan fingerprint density at radius 2 is 0.671 bits per heavy atom. The highest BCUT2D eigenvalue weighted by Gasteiger charge is 2.17. The van der Waals surface area contributed by atoms with E-state index in [0.29, 0.717) is 23.0 Å². The highest BCUT2D eigenvalue weighted by atomic mass is 16.5. The first-order chi connectivity index (χ1) is 34.7. The molecular weight excluding hydrogens is 861 g/mol. The molecule has 0 aliphatic carbocycles. The number of pyridine rings is 2. The quantitative estimate of drug-likeness (QED) is 0.136. The second-order valence-electron chi connectivity index (χ2n) is 17.1. The minimum atomic E-state index is 0.690. The van der Waals surface area contributed by atoms with Crippen molar-refractivity contribution in [2.24, 2.45) is 0 Å². The van der Waals surface area contributed by atoms with Crippen LogP contribution in [0.15, 0.2) is 243 Å². The Bertz CT molecular complexity index is 3810. The zero-order chi connectivity index (χ0) is 46.4. The van der Waals surface area contributed by atoms with Crippen molar-refractivity contribution in [1.82, 2.24) is 29.1 Å². The number of ether oxygens (including phenoxy) is 2. The molecule has 8 heteroatoms. The summed E-state index contributed by atoms with van der Waals surface area (Å²) in [5, 5.41) is 4.54. The second kappa shape index (κ2) is 17.2. The summed E-state index contributed by atoms with van der Waals surface area (Å²) in [5.74, 6) is 4.48. The molecule has 13 aromatic rings. The van der Waals surface area contributed by atoms with Gasteiger partial charge >= 0.3 is 0 Å². The second-order valence-corrected chi connectivity index (χ2v) is 17.1. The summed E-state index contributed by atoms with van der Waals surface area (Å²) in [6.07, 6.45) is 7.35. The summed E-state index contributed by atoms with van der Waals surface area (Å²) >= 11 is 0. The van der Waals surface area contributed by atoms with E-state index in [1.807, 2.05) is 97.3 Å². The molecule has 8 aromatic carbocycles. The van der Waals surface area contributed by atoms with Crippen LogP contribution in [0.2, 0.25) is 0 Å². The molecule has 0 saturated heterocycles. The Balaban J connectivity index is 0.760. The van der Waals surface area contributed by atoms with Crippen LogP contribution in [-0.2, 0) is 0 Å². The predicted molar refractivity (Wildman–Crippen MR) is 281 cm³/mol. The van der Waals surface area contributed by atoms with E-state index in [0.717, 1.165) is 100 Å². The summed E-state index contributed by atoms with van der Waals surface area (Å²) in [6, 6.07) is 74.4. The van der Waals surface area contributed by atoms with E-state index < -0.39 is 0 Å². The fraction of sp³-hybridized carbons (Fsp3) is 0. The molecule has 0 unspecified atom stereocenters. The zero-order valence-electron chi connectivity index (χ0n) is 37.6. The van der Waals surface area contributed by atoms with Gasteiger partial charge in [-0.05, 0) is 107 Å². The van der Waals surface area contributed by atoms with E-state index >= 15 is 0 Å². The minimum absolute atomic E-state index is 0.690. The summed E-state index contributed by atoms with van der Waals surface area (Å²) in [5.41, 5.74) is 11.9. The average Bonchev–Trinajstić information content (AvgIpc) is 3.94. The molecule has 330 valence electrons. The van der Waals surface area contributed by atoms with Crippen molar-refractivity contribution >= 4 is 43.6 Å². The van der Waals surface area contributed by atoms with Crippen molar-refractivity contribution < 1.29 is 9.47 Å². The molecule has 0 radical (unpaired) electrons. The summed E-state index contributed by atoms with van der Waals surface area (Å²) in [6.45, 7) is 0. The lowest BCUT2D eigenvalue weighted by molar-refractivity contribution is 0.483. The summed E-state index contributed by atoms with van der Waals surface area (Å²) in [4.78, 5) is 19.4. The average molecular weight is 901 g/mol. The smallest absolute Gasteiger partial charge is 0.138 e. The Morgan fingerprint density at radius 3 is 1.13 bits per heavy atom. The molecule has 70 heavy (non-hydrogen) atoms. The Labute approximate surface area is 403 Å². The largest absolute Gasteiger partial charge is 0.457 e. The summed E-state index contributed by atoms with van der Waals surface area (Å²) in [7, 11) is 0. The van der Waals surface area contributed by atoms with Crippen LogP contribution in [0, 0.1) is 0 Å². The Morgan fingerprint density at radius 1 is 0.271 bits per heavy atom. The van der Waals surface area contributed by atoms with Gasteiger partial charge in [0.15, 0.2) is 0 Å². The lowest BCUT2D eigenvalue weighted by atomic mass is 10.1. The maximum Gasteiger partial charge on any atom is 0.138 e. The first kappa shape index (κ1) is 40.6. The number of fused-ring (bicyclic) bond motifs is 6. The van der Waals surface area contributed by atoms with Crippen molar-refractivity contribution in [3.8, 4) is 79.4 Å². The van der Waals surface area contributed by atoms with Gasteiger partial charge in [0.25, 0.3) is 0 Å². The fourth-order valence-corrected chi connectivity index (χ4v) is 9.56. The van der Waals surface area contributed by atoms with Gasteiger partial charge in [-0.2, -0.15) is 0 Å². The van der Waals surface area contributed by atoms with Gasteiger partial charge in [0.1, 0.15) is 34.6 Å². The van der Waals surface area contributed by atoms with Gasteiger partial charge in [-0.25, -0.2) is 9.97 Å². The number of rotatable bonds is 10. The molecule has 0 saturated carbocycles. The highest BCUT2D eigenvalue weighted by Crippen LogP contribution is 2.38. The lowest BCUT2D eigenvalue weighted by Crippen LogP contribution is -1.98. The summed E-state index contributed by atoms with van der Waals surface area (Å²) < 4.78 is 17.6. The first-order valence-electron chi connectivity index (χ1n) is 23.2. The Kier molecular flexibility index (Phi) is 9.98. The molecule has 8 nitrogen and oxygen atoms in total. The molecule has 0 fully saturated rings. The van der Waals surface area contributed by atoms with Crippen molar-refractivity contribution in [1.29, 1.82) is 0 Å². The molecule has 13 rings (SSSR count). The van der Waals surface area contributed by atoms with Crippen LogP contribution in [0.3, 0.4) is 0 Å². The van der Waals surface area contributed by atoms with Gasteiger partial charge in [-0.1, -0.05) is 121 Å². The lowest BCUT2D eigenvalue weighted by Gasteiger charge is -2.11. The number of nitrogens with zero attached hydrogens (tertiary/aromatic N) is 6. The van der Waals surface area contributed by atoms with E-state index in [1.54, 1.807) is 12.4 Å². The number of aromatic nitrogens is 6. The van der Waals surface area contributed by atoms with Gasteiger partial charge < -0.3 is 9.47 Å². The van der Waals surface area contributed by atoms with Crippen LogP contribution in [0.5, 0.6) is 23.0 Å². The van der Waals surface area contributed by atoms with Crippen LogP contribution in [0.25, 0.3) is 100 Å². The molecule has 0 amide bonds. The van der Waals surface area contributed by atoms with Crippen LogP contribution in [-0.4, -0.2) is 29.1 Å². The Hall–Kier alpha value is -9.66. The van der Waals surface area contributed by atoms with E-state index in [1.165, 1.54) is 0 Å². The van der Waals surface area contributed by atoms with E-state index in [-0.39, 0.29) is 0 Å². The molecule has 0 spiro atoms. The van der Waals surface area contributed by atoms with Crippen molar-refractivity contribution in [3.63, 3.8) is 0 Å². The number of benzene rings is 8. The molecule has 0 aliphatic heterocycles. The normalized spacial score (nSPS) is 11.4. The molecule has 0 aliphatic rings. The van der Waals surface area contributed by atoms with E-state index in [9.17, 15) is 0 Å². The van der Waals surface area contributed by atoms with Gasteiger partial charge in [0, 0.05) is 57.2 Å². The van der Waals surface area contributed by atoms with Crippen LogP contribution < -0.4 is 9.47 Å². The molecule has 0 bridgehead atoms. The van der Waals surface area contributed by atoms with Crippen LogP contribution >= 0.6 is 0 Å². The van der Waals surface area contributed by atoms with Gasteiger partial charge in [-0.15, -0.1) is 0 Å². The van der Waals surface area contributed by atoms with Crippen molar-refractivity contribution in [3.05, 3.63) is 243 Å². The van der Waals surface area contributed by atoms with E-state index in [4.69, 9.17) is 29.4 Å². The maximum atomic E-state index is 6.57. The first-order valence-corrected chi connectivity index (χ1v) is 23.2. The number of hydrogen-bond donors (Lipinski definition) is 0. The minimum Gasteiger partial charge on any atom is -0.457 e.